The van der Waals surface area contributed by atoms with Crippen LogP contribution in [-0.2, 0) is 0 Å². The van der Waals surface area contributed by atoms with Gasteiger partial charge >= 0.3 is 0 Å². The fourth-order valence-corrected chi connectivity index (χ4v) is 2.04. The molecule has 3 N–H and O–H groups in total. The maximum absolute atomic E-state index is 11.4. The van der Waals surface area contributed by atoms with E-state index in [1.807, 2.05) is 31.2 Å². The van der Waals surface area contributed by atoms with Crippen LogP contribution in [0.5, 0.6) is 5.75 Å². The first kappa shape index (κ1) is 13.9. The molecule has 0 aliphatic heterocycles. The van der Waals surface area contributed by atoms with Crippen LogP contribution in [-0.4, -0.2) is 18.1 Å². The molecule has 4 heteroatoms. The second-order valence-electron chi connectivity index (χ2n) is 4.58. The van der Waals surface area contributed by atoms with Crippen LogP contribution in [0.15, 0.2) is 48.5 Å². The van der Waals surface area contributed by atoms with Crippen molar-refractivity contribution in [2.75, 3.05) is 12.4 Å². The molecule has 0 saturated heterocycles. The summed E-state index contributed by atoms with van der Waals surface area (Å²) in [5.41, 5.74) is 2.35. The van der Waals surface area contributed by atoms with E-state index < -0.39 is 0 Å². The van der Waals surface area contributed by atoms with Gasteiger partial charge in [0.15, 0.2) is 0 Å². The van der Waals surface area contributed by atoms with E-state index in [2.05, 4.69) is 10.6 Å². The molecule has 0 spiro atoms. The van der Waals surface area contributed by atoms with Gasteiger partial charge < -0.3 is 15.7 Å². The maximum Gasteiger partial charge on any atom is 0.251 e. The molecule has 2 aromatic rings. The lowest BCUT2D eigenvalue weighted by Gasteiger charge is -2.17. The molecule has 2 aromatic carbocycles. The van der Waals surface area contributed by atoms with Gasteiger partial charge in [0.05, 0.1) is 6.04 Å². The topological polar surface area (TPSA) is 61.4 Å². The summed E-state index contributed by atoms with van der Waals surface area (Å²) >= 11 is 0. The number of phenolic OH excluding ortho intramolecular Hbond substituents is 1. The summed E-state index contributed by atoms with van der Waals surface area (Å²) in [7, 11) is 1.61. The molecule has 2 rings (SSSR count). The van der Waals surface area contributed by atoms with Crippen LogP contribution in [0.1, 0.15) is 28.9 Å². The summed E-state index contributed by atoms with van der Waals surface area (Å²) in [6, 6.07) is 14.4. The molecular weight excluding hydrogens is 252 g/mol. The molecule has 0 radical (unpaired) electrons. The summed E-state index contributed by atoms with van der Waals surface area (Å²) in [5, 5.41) is 15.7. The van der Waals surface area contributed by atoms with Crippen LogP contribution in [0.25, 0.3) is 0 Å². The second kappa shape index (κ2) is 6.10. The Morgan fingerprint density at radius 2 is 1.75 bits per heavy atom. The fourth-order valence-electron chi connectivity index (χ4n) is 2.04. The molecule has 0 aliphatic carbocycles. The van der Waals surface area contributed by atoms with Gasteiger partial charge in [-0.15, -0.1) is 0 Å². The van der Waals surface area contributed by atoms with E-state index >= 15 is 0 Å². The van der Waals surface area contributed by atoms with Crippen molar-refractivity contribution in [3.63, 3.8) is 0 Å². The smallest absolute Gasteiger partial charge is 0.251 e. The minimum atomic E-state index is -0.106. The number of carbonyl (C=O) groups is 1. The molecule has 104 valence electrons. The number of hydrogen-bond acceptors (Lipinski definition) is 3. The highest BCUT2D eigenvalue weighted by molar-refractivity contribution is 5.94. The first-order chi connectivity index (χ1) is 9.61. The normalized spacial score (nSPS) is 11.7. The SMILES string of the molecule is CNC(=O)c1ccc(NC(C)c2ccccc2O)cc1. The van der Waals surface area contributed by atoms with Crippen LogP contribution in [0.4, 0.5) is 5.69 Å². The monoisotopic (exact) mass is 270 g/mol. The average Bonchev–Trinajstić information content (AvgIpc) is 2.47. The van der Waals surface area contributed by atoms with E-state index in [1.54, 1.807) is 31.3 Å². The van der Waals surface area contributed by atoms with E-state index in [4.69, 9.17) is 0 Å². The van der Waals surface area contributed by atoms with Gasteiger partial charge in [-0.3, -0.25) is 4.79 Å². The molecule has 20 heavy (non-hydrogen) atoms. The maximum atomic E-state index is 11.4. The van der Waals surface area contributed by atoms with Crippen molar-refractivity contribution in [1.82, 2.24) is 5.32 Å². The molecule has 1 unspecified atom stereocenters. The molecule has 0 heterocycles. The number of nitrogens with one attached hydrogen (secondary N) is 2. The van der Waals surface area contributed by atoms with Gasteiger partial charge in [0, 0.05) is 23.9 Å². The van der Waals surface area contributed by atoms with Gasteiger partial charge in [0.1, 0.15) is 5.75 Å². The Hall–Kier alpha value is -2.49. The first-order valence-corrected chi connectivity index (χ1v) is 6.48. The third-order valence-electron chi connectivity index (χ3n) is 3.16. The number of anilines is 1. The Balaban J connectivity index is 2.10. The number of aromatic hydroxyl groups is 1. The van der Waals surface area contributed by atoms with E-state index in [1.165, 1.54) is 0 Å². The summed E-state index contributed by atoms with van der Waals surface area (Å²) in [5.74, 6) is 0.166. The predicted molar refractivity (Wildman–Crippen MR) is 80.0 cm³/mol. The highest BCUT2D eigenvalue weighted by Crippen LogP contribution is 2.26. The van der Waals surface area contributed by atoms with Crippen LogP contribution >= 0.6 is 0 Å². The number of phenols is 1. The Kier molecular flexibility index (Phi) is 4.25. The van der Waals surface area contributed by atoms with E-state index in [-0.39, 0.29) is 17.7 Å². The van der Waals surface area contributed by atoms with Crippen LogP contribution in [0.2, 0.25) is 0 Å². The summed E-state index contributed by atoms with van der Waals surface area (Å²) < 4.78 is 0. The van der Waals surface area contributed by atoms with Crippen molar-refractivity contribution in [3.05, 3.63) is 59.7 Å². The van der Waals surface area contributed by atoms with Gasteiger partial charge in [0.2, 0.25) is 0 Å². The molecule has 1 amide bonds. The molecule has 0 aromatic heterocycles. The van der Waals surface area contributed by atoms with E-state index in [0.717, 1.165) is 11.3 Å². The zero-order valence-electron chi connectivity index (χ0n) is 11.6. The van der Waals surface area contributed by atoms with Gasteiger partial charge in [0.25, 0.3) is 5.91 Å². The lowest BCUT2D eigenvalue weighted by atomic mass is 10.1. The number of amides is 1. The number of para-hydroxylation sites is 1. The van der Waals surface area contributed by atoms with Gasteiger partial charge in [-0.25, -0.2) is 0 Å². The Morgan fingerprint density at radius 3 is 2.35 bits per heavy atom. The molecule has 4 nitrogen and oxygen atoms in total. The van der Waals surface area contributed by atoms with Crippen molar-refractivity contribution >= 4 is 11.6 Å². The number of carbonyl (C=O) groups excluding carboxylic acids is 1. The zero-order chi connectivity index (χ0) is 14.5. The number of hydrogen-bond donors (Lipinski definition) is 3. The fraction of sp³-hybridized carbons (Fsp3) is 0.188. The number of rotatable bonds is 4. The molecule has 0 saturated carbocycles. The standard InChI is InChI=1S/C16H18N2O2/c1-11(14-5-3-4-6-15(14)19)18-13-9-7-12(8-10-13)16(20)17-2/h3-11,18-19H,1-2H3,(H,17,20). The summed E-state index contributed by atoms with van der Waals surface area (Å²) in [6.07, 6.45) is 0. The van der Waals surface area contributed by atoms with Gasteiger partial charge in [-0.05, 0) is 37.3 Å². The van der Waals surface area contributed by atoms with E-state index in [9.17, 15) is 9.90 Å². The van der Waals surface area contributed by atoms with Crippen LogP contribution in [0, 0.1) is 0 Å². The molecule has 0 fully saturated rings. The third-order valence-corrected chi connectivity index (χ3v) is 3.16. The summed E-state index contributed by atoms with van der Waals surface area (Å²) in [4.78, 5) is 11.4. The minimum absolute atomic E-state index is 0.0259. The van der Waals surface area contributed by atoms with Crippen molar-refractivity contribution in [3.8, 4) is 5.75 Å². The van der Waals surface area contributed by atoms with Gasteiger partial charge in [-0.1, -0.05) is 18.2 Å². The molecule has 0 bridgehead atoms. The molecule has 1 atom stereocenters. The van der Waals surface area contributed by atoms with Crippen LogP contribution < -0.4 is 10.6 Å². The van der Waals surface area contributed by atoms with Crippen LogP contribution in [0.3, 0.4) is 0 Å². The van der Waals surface area contributed by atoms with Gasteiger partial charge in [-0.2, -0.15) is 0 Å². The largest absolute Gasteiger partial charge is 0.508 e. The molecular formula is C16H18N2O2. The minimum Gasteiger partial charge on any atom is -0.508 e. The predicted octanol–water partition coefficient (Wildman–Crippen LogP) is 2.92. The van der Waals surface area contributed by atoms with E-state index in [0.29, 0.717) is 5.56 Å². The second-order valence-corrected chi connectivity index (χ2v) is 4.58. The van der Waals surface area contributed by atoms with Crippen molar-refractivity contribution in [1.29, 1.82) is 0 Å². The lowest BCUT2D eigenvalue weighted by molar-refractivity contribution is 0.0963. The van der Waals surface area contributed by atoms with Crippen molar-refractivity contribution < 1.29 is 9.90 Å². The molecule has 0 aliphatic rings. The first-order valence-electron chi connectivity index (χ1n) is 6.48. The Morgan fingerprint density at radius 1 is 1.10 bits per heavy atom. The highest BCUT2D eigenvalue weighted by Gasteiger charge is 2.09. The number of benzene rings is 2. The average molecular weight is 270 g/mol. The highest BCUT2D eigenvalue weighted by atomic mass is 16.3. The Bertz CT molecular complexity index is 594. The zero-order valence-corrected chi connectivity index (χ0v) is 11.6. The van der Waals surface area contributed by atoms with Crippen molar-refractivity contribution in [2.45, 2.75) is 13.0 Å². The quantitative estimate of drug-likeness (QED) is 0.800. The summed E-state index contributed by atoms with van der Waals surface area (Å²) in [6.45, 7) is 1.97. The Labute approximate surface area is 118 Å². The lowest BCUT2D eigenvalue weighted by Crippen LogP contribution is -2.17. The third kappa shape index (κ3) is 3.09. The van der Waals surface area contributed by atoms with Crippen molar-refractivity contribution in [2.24, 2.45) is 0 Å².